The molecule has 0 fully saturated rings. The normalized spacial score (nSPS) is 13.6. The number of nitrogens with two attached hydrogens (primary N) is 1. The quantitative estimate of drug-likeness (QED) is 0.180. The second kappa shape index (κ2) is 9.86. The summed E-state index contributed by atoms with van der Waals surface area (Å²) in [5, 5.41) is 8.86. The standard InChI is InChI=1S/C34H35N4/c1-32(2,3)33(4,26-20-22-30(35)23-21-26)38-31(24-25-36-38)37-34(27-14-8-5-9-15-27,28-16-10-6-11-17-28)29-18-12-7-13-19-29/h5-25,37H,4,35H2,1-3H3. The predicted molar refractivity (Wildman–Crippen MR) is 158 cm³/mol. The largest absolute Gasteiger partial charge is 0.399 e. The summed E-state index contributed by atoms with van der Waals surface area (Å²) in [4.78, 5) is 0. The molecule has 0 aliphatic rings. The lowest BCUT2D eigenvalue weighted by Crippen LogP contribution is -2.47. The molecular weight excluding hydrogens is 464 g/mol. The van der Waals surface area contributed by atoms with Gasteiger partial charge in [0, 0.05) is 11.8 Å². The van der Waals surface area contributed by atoms with Crippen LogP contribution in [0.5, 0.6) is 0 Å². The van der Waals surface area contributed by atoms with Crippen molar-refractivity contribution in [1.82, 2.24) is 9.78 Å². The van der Waals surface area contributed by atoms with Crippen LogP contribution in [0.4, 0.5) is 11.5 Å². The Balaban J connectivity index is 1.77. The van der Waals surface area contributed by atoms with E-state index in [0.29, 0.717) is 0 Å². The SMILES string of the molecule is [CH2]C(c1ccc(N)cc1)(n1nccc1NC(c1ccccc1)(c1ccccc1)c1ccccc1)C(C)(C)C. The van der Waals surface area contributed by atoms with Crippen LogP contribution in [0, 0.1) is 12.3 Å². The van der Waals surface area contributed by atoms with Gasteiger partial charge in [0.25, 0.3) is 0 Å². The molecule has 5 rings (SSSR count). The molecule has 0 spiro atoms. The van der Waals surface area contributed by atoms with E-state index in [1.54, 1.807) is 0 Å². The Labute approximate surface area is 226 Å². The molecule has 1 heterocycles. The first-order chi connectivity index (χ1) is 18.3. The predicted octanol–water partition coefficient (Wildman–Crippen LogP) is 7.49. The molecule has 0 saturated carbocycles. The second-order valence-electron chi connectivity index (χ2n) is 10.8. The Hall–Kier alpha value is -4.31. The van der Waals surface area contributed by atoms with Gasteiger partial charge in [-0.15, -0.1) is 0 Å². The Morgan fingerprint density at radius 2 is 1.08 bits per heavy atom. The van der Waals surface area contributed by atoms with Gasteiger partial charge in [0.05, 0.1) is 11.7 Å². The van der Waals surface area contributed by atoms with Gasteiger partial charge in [-0.1, -0.05) is 124 Å². The molecule has 1 aromatic heterocycles. The van der Waals surface area contributed by atoms with Gasteiger partial charge < -0.3 is 11.1 Å². The molecule has 1 unspecified atom stereocenters. The minimum absolute atomic E-state index is 0.277. The third-order valence-electron chi connectivity index (χ3n) is 7.57. The summed E-state index contributed by atoms with van der Waals surface area (Å²) in [6, 6.07) is 41.7. The summed E-state index contributed by atoms with van der Waals surface area (Å²) in [5.74, 6) is 0.864. The second-order valence-corrected chi connectivity index (χ2v) is 10.8. The van der Waals surface area contributed by atoms with Crippen LogP contribution in [-0.2, 0) is 11.1 Å². The molecule has 38 heavy (non-hydrogen) atoms. The molecule has 5 aromatic rings. The summed E-state index contributed by atoms with van der Waals surface area (Å²) < 4.78 is 2.03. The molecule has 1 atom stereocenters. The van der Waals surface area contributed by atoms with E-state index in [2.05, 4.69) is 129 Å². The Morgan fingerprint density at radius 1 is 0.632 bits per heavy atom. The first kappa shape index (κ1) is 25.3. The van der Waals surface area contributed by atoms with Gasteiger partial charge in [-0.2, -0.15) is 5.10 Å². The third-order valence-corrected chi connectivity index (χ3v) is 7.57. The Morgan fingerprint density at radius 3 is 1.50 bits per heavy atom. The fourth-order valence-corrected chi connectivity index (χ4v) is 5.31. The maximum Gasteiger partial charge on any atom is 0.126 e. The average Bonchev–Trinajstić information content (AvgIpc) is 3.41. The van der Waals surface area contributed by atoms with Crippen molar-refractivity contribution in [1.29, 1.82) is 0 Å². The van der Waals surface area contributed by atoms with Crippen LogP contribution in [0.2, 0.25) is 0 Å². The number of benzene rings is 4. The van der Waals surface area contributed by atoms with Crippen molar-refractivity contribution in [2.75, 3.05) is 11.1 Å². The van der Waals surface area contributed by atoms with Crippen molar-refractivity contribution in [3.05, 3.63) is 157 Å². The summed E-state index contributed by atoms with van der Waals surface area (Å²) in [7, 11) is 0. The van der Waals surface area contributed by atoms with Crippen LogP contribution in [0.25, 0.3) is 0 Å². The van der Waals surface area contributed by atoms with Crippen LogP contribution in [0.3, 0.4) is 0 Å². The lowest BCUT2D eigenvalue weighted by molar-refractivity contribution is 0.180. The molecule has 0 bridgehead atoms. The van der Waals surface area contributed by atoms with Crippen molar-refractivity contribution < 1.29 is 0 Å². The summed E-state index contributed by atoms with van der Waals surface area (Å²) >= 11 is 0. The van der Waals surface area contributed by atoms with E-state index < -0.39 is 11.1 Å². The maximum absolute atomic E-state index is 6.05. The molecule has 0 saturated heterocycles. The third kappa shape index (κ3) is 4.26. The number of rotatable bonds is 7. The van der Waals surface area contributed by atoms with Crippen LogP contribution in [0.1, 0.15) is 43.0 Å². The molecule has 191 valence electrons. The fraction of sp³-hybridized carbons (Fsp3) is 0.176. The van der Waals surface area contributed by atoms with Crippen LogP contribution in [0.15, 0.2) is 128 Å². The lowest BCUT2D eigenvalue weighted by atomic mass is 9.70. The minimum Gasteiger partial charge on any atom is -0.399 e. The van der Waals surface area contributed by atoms with Crippen molar-refractivity contribution in [2.24, 2.45) is 5.41 Å². The molecule has 0 aliphatic carbocycles. The highest BCUT2D eigenvalue weighted by Gasteiger charge is 2.45. The number of nitrogens with one attached hydrogen (secondary N) is 1. The molecular formula is C34H35N4. The minimum atomic E-state index is -0.720. The zero-order chi connectivity index (χ0) is 26.8. The van der Waals surface area contributed by atoms with E-state index in [9.17, 15) is 0 Å². The summed E-state index contributed by atoms with van der Waals surface area (Å²) in [6.45, 7) is 11.4. The van der Waals surface area contributed by atoms with Gasteiger partial charge >= 0.3 is 0 Å². The van der Waals surface area contributed by atoms with Crippen LogP contribution in [-0.4, -0.2) is 9.78 Å². The molecule has 3 N–H and O–H groups in total. The molecule has 1 radical (unpaired) electrons. The van der Waals surface area contributed by atoms with Gasteiger partial charge in [0.2, 0.25) is 0 Å². The highest BCUT2D eigenvalue weighted by molar-refractivity contribution is 5.59. The molecule has 4 heteroatoms. The van der Waals surface area contributed by atoms with E-state index in [-0.39, 0.29) is 5.41 Å². The first-order valence-electron chi connectivity index (χ1n) is 13.0. The van der Waals surface area contributed by atoms with E-state index in [1.807, 2.05) is 29.1 Å². The maximum atomic E-state index is 6.05. The van der Waals surface area contributed by atoms with Crippen molar-refractivity contribution in [3.63, 3.8) is 0 Å². The van der Waals surface area contributed by atoms with Gasteiger partial charge in [0.1, 0.15) is 11.4 Å². The Bertz CT molecular complexity index is 1370. The van der Waals surface area contributed by atoms with E-state index in [0.717, 1.165) is 33.8 Å². The zero-order valence-electron chi connectivity index (χ0n) is 22.3. The topological polar surface area (TPSA) is 55.9 Å². The van der Waals surface area contributed by atoms with Crippen molar-refractivity contribution >= 4 is 11.5 Å². The zero-order valence-corrected chi connectivity index (χ0v) is 22.3. The number of nitrogens with zero attached hydrogens (tertiary/aromatic N) is 2. The average molecular weight is 500 g/mol. The van der Waals surface area contributed by atoms with Crippen LogP contribution >= 0.6 is 0 Å². The highest BCUT2D eigenvalue weighted by Crippen LogP contribution is 2.46. The summed E-state index contributed by atoms with van der Waals surface area (Å²) in [5.41, 5.74) is 9.52. The number of hydrogen-bond acceptors (Lipinski definition) is 3. The Kier molecular flexibility index (Phi) is 6.58. The van der Waals surface area contributed by atoms with Crippen molar-refractivity contribution in [3.8, 4) is 0 Å². The number of hydrogen-bond donors (Lipinski definition) is 2. The van der Waals surface area contributed by atoms with Crippen molar-refractivity contribution in [2.45, 2.75) is 31.8 Å². The fourth-order valence-electron chi connectivity index (χ4n) is 5.31. The van der Waals surface area contributed by atoms with Crippen LogP contribution < -0.4 is 11.1 Å². The van der Waals surface area contributed by atoms with Gasteiger partial charge in [-0.05, 0) is 46.7 Å². The molecule has 0 aliphatic heterocycles. The molecule has 4 nitrogen and oxygen atoms in total. The number of anilines is 2. The van der Waals surface area contributed by atoms with Gasteiger partial charge in [0.15, 0.2) is 0 Å². The smallest absolute Gasteiger partial charge is 0.126 e. The van der Waals surface area contributed by atoms with Gasteiger partial charge in [-0.3, -0.25) is 0 Å². The first-order valence-corrected chi connectivity index (χ1v) is 13.0. The number of aromatic nitrogens is 2. The van der Waals surface area contributed by atoms with E-state index in [1.165, 1.54) is 0 Å². The molecule has 4 aromatic carbocycles. The van der Waals surface area contributed by atoms with E-state index >= 15 is 0 Å². The van der Waals surface area contributed by atoms with E-state index in [4.69, 9.17) is 17.8 Å². The molecule has 0 amide bonds. The highest BCUT2D eigenvalue weighted by atomic mass is 15.4. The van der Waals surface area contributed by atoms with Gasteiger partial charge in [-0.25, -0.2) is 4.68 Å². The summed E-state index contributed by atoms with van der Waals surface area (Å²) in [6.07, 6.45) is 1.84. The monoisotopic (exact) mass is 499 g/mol. The lowest BCUT2D eigenvalue weighted by Gasteiger charge is -2.45. The number of nitrogen functional groups attached to an aromatic ring is 1.